The van der Waals surface area contributed by atoms with Crippen LogP contribution in [0, 0.1) is 23.2 Å². The molecule has 0 bridgehead atoms. The zero-order valence-electron chi connectivity index (χ0n) is 8.77. The SMILES string of the molecule is CCC(C)C1CC2CCC2(C)C1. The Morgan fingerprint density at radius 3 is 2.58 bits per heavy atom. The first-order valence-corrected chi connectivity index (χ1v) is 5.65. The Kier molecular flexibility index (Phi) is 1.97. The van der Waals surface area contributed by atoms with Gasteiger partial charge in [-0.25, -0.2) is 0 Å². The Balaban J connectivity index is 1.97. The van der Waals surface area contributed by atoms with Crippen molar-refractivity contribution < 1.29 is 0 Å². The zero-order chi connectivity index (χ0) is 8.77. The van der Waals surface area contributed by atoms with Gasteiger partial charge in [0.1, 0.15) is 0 Å². The summed E-state index contributed by atoms with van der Waals surface area (Å²) in [5.41, 5.74) is 0.786. The molecule has 0 heterocycles. The lowest BCUT2D eigenvalue weighted by Gasteiger charge is -2.42. The number of rotatable bonds is 2. The van der Waals surface area contributed by atoms with Gasteiger partial charge in [-0.3, -0.25) is 0 Å². The van der Waals surface area contributed by atoms with Crippen LogP contribution in [-0.2, 0) is 0 Å². The monoisotopic (exact) mass is 166 g/mol. The maximum atomic E-state index is 2.52. The van der Waals surface area contributed by atoms with Crippen molar-refractivity contribution >= 4 is 0 Å². The van der Waals surface area contributed by atoms with E-state index in [1.807, 2.05) is 0 Å². The van der Waals surface area contributed by atoms with Crippen molar-refractivity contribution in [1.82, 2.24) is 0 Å². The van der Waals surface area contributed by atoms with Gasteiger partial charge in [-0.2, -0.15) is 0 Å². The molecule has 4 unspecified atom stereocenters. The lowest BCUT2D eigenvalue weighted by atomic mass is 9.63. The molecule has 0 radical (unpaired) electrons. The van der Waals surface area contributed by atoms with Crippen LogP contribution < -0.4 is 0 Å². The van der Waals surface area contributed by atoms with Crippen LogP contribution in [0.1, 0.15) is 52.9 Å². The van der Waals surface area contributed by atoms with Crippen LogP contribution >= 0.6 is 0 Å². The standard InChI is InChI=1S/C12H22/c1-4-9(2)10-7-11-5-6-12(11,3)8-10/h9-11H,4-8H2,1-3H3. The van der Waals surface area contributed by atoms with Crippen LogP contribution in [0.5, 0.6) is 0 Å². The normalized spacial score (nSPS) is 48.2. The molecule has 2 rings (SSSR count). The van der Waals surface area contributed by atoms with Gasteiger partial charge in [-0.1, -0.05) is 27.2 Å². The van der Waals surface area contributed by atoms with Crippen molar-refractivity contribution in [3.05, 3.63) is 0 Å². The van der Waals surface area contributed by atoms with Gasteiger partial charge in [0, 0.05) is 0 Å². The van der Waals surface area contributed by atoms with Crippen molar-refractivity contribution in [2.45, 2.75) is 52.9 Å². The van der Waals surface area contributed by atoms with E-state index in [4.69, 9.17) is 0 Å². The van der Waals surface area contributed by atoms with Crippen molar-refractivity contribution in [2.24, 2.45) is 23.2 Å². The van der Waals surface area contributed by atoms with E-state index < -0.39 is 0 Å². The summed E-state index contributed by atoms with van der Waals surface area (Å²) < 4.78 is 0. The molecule has 70 valence electrons. The topological polar surface area (TPSA) is 0 Å². The van der Waals surface area contributed by atoms with E-state index in [0.717, 1.165) is 23.2 Å². The third kappa shape index (κ3) is 1.11. The fraction of sp³-hybridized carbons (Fsp3) is 1.00. The number of hydrogen-bond donors (Lipinski definition) is 0. The van der Waals surface area contributed by atoms with Gasteiger partial charge in [0.05, 0.1) is 0 Å². The fourth-order valence-corrected chi connectivity index (χ4v) is 3.33. The first-order valence-electron chi connectivity index (χ1n) is 5.65. The van der Waals surface area contributed by atoms with Crippen LogP contribution in [0.3, 0.4) is 0 Å². The highest BCUT2D eigenvalue weighted by Gasteiger charge is 2.50. The van der Waals surface area contributed by atoms with Gasteiger partial charge in [-0.05, 0) is 48.9 Å². The fourth-order valence-electron chi connectivity index (χ4n) is 3.33. The molecule has 0 aliphatic heterocycles. The number of fused-ring (bicyclic) bond motifs is 1. The highest BCUT2D eigenvalue weighted by atomic mass is 14.5. The molecule has 0 aromatic heterocycles. The Bertz CT molecular complexity index is 173. The first-order chi connectivity index (χ1) is 5.65. The molecule has 2 fully saturated rings. The summed E-state index contributed by atoms with van der Waals surface area (Å²) in [4.78, 5) is 0. The quantitative estimate of drug-likeness (QED) is 0.584. The molecule has 0 amide bonds. The van der Waals surface area contributed by atoms with Gasteiger partial charge in [-0.15, -0.1) is 0 Å². The summed E-state index contributed by atoms with van der Waals surface area (Å²) >= 11 is 0. The third-order valence-corrected chi connectivity index (χ3v) is 4.81. The molecule has 0 heteroatoms. The third-order valence-electron chi connectivity index (χ3n) is 4.81. The molecule has 0 nitrogen and oxygen atoms in total. The van der Waals surface area contributed by atoms with Crippen molar-refractivity contribution in [3.63, 3.8) is 0 Å². The molecule has 0 spiro atoms. The minimum Gasteiger partial charge on any atom is -0.0651 e. The minimum atomic E-state index is 0.786. The van der Waals surface area contributed by atoms with E-state index in [9.17, 15) is 0 Å². The van der Waals surface area contributed by atoms with Gasteiger partial charge in [0.15, 0.2) is 0 Å². The van der Waals surface area contributed by atoms with E-state index in [0.29, 0.717) is 0 Å². The van der Waals surface area contributed by atoms with Crippen molar-refractivity contribution in [1.29, 1.82) is 0 Å². The van der Waals surface area contributed by atoms with E-state index in [1.165, 1.54) is 25.7 Å². The van der Waals surface area contributed by atoms with E-state index in [2.05, 4.69) is 20.8 Å². The minimum absolute atomic E-state index is 0.786. The van der Waals surface area contributed by atoms with E-state index in [1.54, 1.807) is 6.42 Å². The highest BCUT2D eigenvalue weighted by molar-refractivity contribution is 5.00. The Morgan fingerprint density at radius 1 is 1.50 bits per heavy atom. The molecule has 2 aliphatic carbocycles. The van der Waals surface area contributed by atoms with E-state index >= 15 is 0 Å². The molecule has 4 atom stereocenters. The van der Waals surface area contributed by atoms with Crippen molar-refractivity contribution in [2.75, 3.05) is 0 Å². The predicted molar refractivity (Wildman–Crippen MR) is 53.0 cm³/mol. The summed E-state index contributed by atoms with van der Waals surface area (Å²) in [6.45, 7) is 7.30. The second-order valence-electron chi connectivity index (χ2n) is 5.48. The summed E-state index contributed by atoms with van der Waals surface area (Å²) in [6.07, 6.45) is 7.51. The van der Waals surface area contributed by atoms with Gasteiger partial charge >= 0.3 is 0 Å². The molecule has 0 saturated heterocycles. The van der Waals surface area contributed by atoms with Crippen LogP contribution in [0.15, 0.2) is 0 Å². The first kappa shape index (κ1) is 8.59. The van der Waals surface area contributed by atoms with Crippen LogP contribution in [0.2, 0.25) is 0 Å². The number of hydrogen-bond acceptors (Lipinski definition) is 0. The zero-order valence-corrected chi connectivity index (χ0v) is 8.77. The summed E-state index contributed by atoms with van der Waals surface area (Å²) in [6, 6.07) is 0. The van der Waals surface area contributed by atoms with Crippen molar-refractivity contribution in [3.8, 4) is 0 Å². The molecule has 0 aromatic rings. The van der Waals surface area contributed by atoms with Crippen LogP contribution in [0.4, 0.5) is 0 Å². The van der Waals surface area contributed by atoms with E-state index in [-0.39, 0.29) is 0 Å². The van der Waals surface area contributed by atoms with Gasteiger partial charge < -0.3 is 0 Å². The largest absolute Gasteiger partial charge is 0.0651 e. The molecular weight excluding hydrogens is 144 g/mol. The molecular formula is C12H22. The Labute approximate surface area is 76.7 Å². The molecule has 0 aromatic carbocycles. The maximum Gasteiger partial charge on any atom is -0.0295 e. The summed E-state index contributed by atoms with van der Waals surface area (Å²) in [5, 5.41) is 0. The average Bonchev–Trinajstić information content (AvgIpc) is 2.28. The molecule has 0 N–H and O–H groups in total. The highest BCUT2D eigenvalue weighted by Crippen LogP contribution is 2.60. The predicted octanol–water partition coefficient (Wildman–Crippen LogP) is 3.86. The summed E-state index contributed by atoms with van der Waals surface area (Å²) in [7, 11) is 0. The lowest BCUT2D eigenvalue weighted by Crippen LogP contribution is -2.31. The Hall–Kier alpha value is 0. The average molecular weight is 166 g/mol. The van der Waals surface area contributed by atoms with Gasteiger partial charge in [0.25, 0.3) is 0 Å². The summed E-state index contributed by atoms with van der Waals surface area (Å²) in [5.74, 6) is 3.15. The molecule has 12 heavy (non-hydrogen) atoms. The smallest absolute Gasteiger partial charge is 0.0295 e. The second kappa shape index (κ2) is 2.75. The second-order valence-corrected chi connectivity index (χ2v) is 5.48. The van der Waals surface area contributed by atoms with Crippen LogP contribution in [-0.4, -0.2) is 0 Å². The van der Waals surface area contributed by atoms with Gasteiger partial charge in [0.2, 0.25) is 0 Å². The Morgan fingerprint density at radius 2 is 2.25 bits per heavy atom. The maximum absolute atomic E-state index is 2.52. The lowest BCUT2D eigenvalue weighted by molar-refractivity contribution is 0.0871. The van der Waals surface area contributed by atoms with Crippen LogP contribution in [0.25, 0.3) is 0 Å². The molecule has 2 saturated carbocycles. The molecule has 2 aliphatic rings.